The van der Waals surface area contributed by atoms with Gasteiger partial charge in [-0.2, -0.15) is 0 Å². The lowest BCUT2D eigenvalue weighted by Gasteiger charge is -2.13. The monoisotopic (exact) mass is 405 g/mol. The van der Waals surface area contributed by atoms with Gasteiger partial charge < -0.3 is 10.1 Å². The number of amides is 1. The molecule has 30 heavy (non-hydrogen) atoms. The second-order valence-corrected chi connectivity index (χ2v) is 7.52. The number of ketones is 1. The number of nitrogens with one attached hydrogen (secondary N) is 1. The largest absolute Gasteiger partial charge is 0.452 e. The van der Waals surface area contributed by atoms with Crippen molar-refractivity contribution in [2.75, 3.05) is 13.2 Å². The second kappa shape index (κ2) is 10.5. The Labute approximate surface area is 177 Å². The molecule has 0 saturated carbocycles. The fraction of sp³-hybridized carbons (Fsp3) is 0.320. The molecule has 0 fully saturated rings. The first-order valence-electron chi connectivity index (χ1n) is 10.4. The molecule has 1 N–H and O–H groups in total. The molecule has 5 nitrogen and oxygen atoms in total. The molecule has 2 aromatic carbocycles. The second-order valence-electron chi connectivity index (χ2n) is 7.52. The summed E-state index contributed by atoms with van der Waals surface area (Å²) in [4.78, 5) is 37.4. The molecule has 5 heteroatoms. The number of rotatable bonds is 8. The van der Waals surface area contributed by atoms with Gasteiger partial charge in [-0.15, -0.1) is 0 Å². The first-order chi connectivity index (χ1) is 14.5. The average molecular weight is 405 g/mol. The van der Waals surface area contributed by atoms with Crippen LogP contribution in [-0.4, -0.2) is 30.8 Å². The predicted molar refractivity (Wildman–Crippen MR) is 116 cm³/mol. The van der Waals surface area contributed by atoms with Crippen molar-refractivity contribution in [3.8, 4) is 0 Å². The third-order valence-electron chi connectivity index (χ3n) is 5.19. The smallest absolute Gasteiger partial charge is 0.339 e. The first-order valence-corrected chi connectivity index (χ1v) is 10.4. The molecule has 0 aliphatic heterocycles. The van der Waals surface area contributed by atoms with Crippen molar-refractivity contribution >= 4 is 17.7 Å². The van der Waals surface area contributed by atoms with Crippen LogP contribution < -0.4 is 5.32 Å². The Bertz CT molecular complexity index is 944. The molecule has 156 valence electrons. The Morgan fingerprint density at radius 1 is 0.967 bits per heavy atom. The van der Waals surface area contributed by atoms with Crippen molar-refractivity contribution < 1.29 is 19.1 Å². The maximum Gasteiger partial charge on any atom is 0.339 e. The third-order valence-corrected chi connectivity index (χ3v) is 5.19. The summed E-state index contributed by atoms with van der Waals surface area (Å²) < 4.78 is 5.16. The van der Waals surface area contributed by atoms with E-state index in [-0.39, 0.29) is 29.4 Å². The minimum Gasteiger partial charge on any atom is -0.452 e. The van der Waals surface area contributed by atoms with Gasteiger partial charge in [0.1, 0.15) is 0 Å². The molecule has 0 radical (unpaired) electrons. The highest BCUT2D eigenvalue weighted by atomic mass is 16.5. The van der Waals surface area contributed by atoms with Gasteiger partial charge in [0.15, 0.2) is 12.4 Å². The lowest BCUT2D eigenvalue weighted by atomic mass is 9.97. The number of carbonyl (C=O) groups excluding carboxylic acids is 3. The van der Waals surface area contributed by atoms with E-state index in [0.29, 0.717) is 12.1 Å². The molecule has 0 atom stereocenters. The van der Waals surface area contributed by atoms with Gasteiger partial charge >= 0.3 is 5.97 Å². The van der Waals surface area contributed by atoms with Crippen LogP contribution in [0.25, 0.3) is 0 Å². The van der Waals surface area contributed by atoms with E-state index in [2.05, 4.69) is 11.4 Å². The molecule has 0 spiro atoms. The van der Waals surface area contributed by atoms with Gasteiger partial charge in [0.05, 0.1) is 5.56 Å². The van der Waals surface area contributed by atoms with Gasteiger partial charge in [0.25, 0.3) is 5.91 Å². The molecule has 1 aliphatic carbocycles. The summed E-state index contributed by atoms with van der Waals surface area (Å²) in [6.45, 7) is 2.10. The fourth-order valence-corrected chi connectivity index (χ4v) is 3.47. The highest BCUT2D eigenvalue weighted by molar-refractivity contribution is 6.14. The summed E-state index contributed by atoms with van der Waals surface area (Å²) in [5.74, 6) is -1.29. The lowest BCUT2D eigenvalue weighted by molar-refractivity contribution is -0.124. The molecule has 3 rings (SSSR count). The Hall–Kier alpha value is -3.21. The van der Waals surface area contributed by atoms with Crippen LogP contribution in [0.4, 0.5) is 0 Å². The number of esters is 1. The molecule has 2 aromatic rings. The summed E-state index contributed by atoms with van der Waals surface area (Å²) in [6.07, 6.45) is 7.72. The van der Waals surface area contributed by atoms with E-state index in [1.807, 2.05) is 19.1 Å². The van der Waals surface area contributed by atoms with Gasteiger partial charge in [-0.1, -0.05) is 59.7 Å². The van der Waals surface area contributed by atoms with E-state index >= 15 is 0 Å². The maximum absolute atomic E-state index is 12.8. The van der Waals surface area contributed by atoms with Crippen molar-refractivity contribution in [2.45, 2.75) is 39.0 Å². The minimum absolute atomic E-state index is 0.156. The SMILES string of the molecule is Cc1ccc(C(=O)c2ccccc2C(=O)OCC(=O)NCCC2=CCCCC2)cc1. The molecule has 0 unspecified atom stereocenters. The zero-order chi connectivity index (χ0) is 21.3. The molecule has 1 aliphatic rings. The number of hydrogen-bond acceptors (Lipinski definition) is 4. The van der Waals surface area contributed by atoms with Crippen LogP contribution >= 0.6 is 0 Å². The quantitative estimate of drug-likeness (QED) is 0.402. The topological polar surface area (TPSA) is 72.5 Å². The normalized spacial score (nSPS) is 13.3. The van der Waals surface area contributed by atoms with Crippen molar-refractivity contribution in [3.05, 3.63) is 82.4 Å². The molecule has 0 bridgehead atoms. The van der Waals surface area contributed by atoms with Gasteiger partial charge in [-0.3, -0.25) is 9.59 Å². The molecular weight excluding hydrogens is 378 g/mol. The van der Waals surface area contributed by atoms with Gasteiger partial charge in [-0.05, 0) is 45.1 Å². The van der Waals surface area contributed by atoms with Crippen LogP contribution in [0.3, 0.4) is 0 Å². The van der Waals surface area contributed by atoms with Crippen LogP contribution in [0, 0.1) is 6.92 Å². The maximum atomic E-state index is 12.8. The number of ether oxygens (including phenoxy) is 1. The van der Waals surface area contributed by atoms with E-state index < -0.39 is 5.97 Å². The Kier molecular flexibility index (Phi) is 7.55. The van der Waals surface area contributed by atoms with Crippen LogP contribution in [0.2, 0.25) is 0 Å². The summed E-state index contributed by atoms with van der Waals surface area (Å²) in [5.41, 5.74) is 3.34. The number of benzene rings is 2. The average Bonchev–Trinajstić information content (AvgIpc) is 2.78. The lowest BCUT2D eigenvalue weighted by Crippen LogP contribution is -2.30. The number of aryl methyl sites for hydroxylation is 1. The van der Waals surface area contributed by atoms with E-state index in [0.717, 1.165) is 24.8 Å². The molecule has 0 aromatic heterocycles. The van der Waals surface area contributed by atoms with Crippen LogP contribution in [-0.2, 0) is 9.53 Å². The van der Waals surface area contributed by atoms with Gasteiger partial charge in [0.2, 0.25) is 0 Å². The van der Waals surface area contributed by atoms with Crippen molar-refractivity contribution in [2.24, 2.45) is 0 Å². The molecular formula is C25H27NO4. The summed E-state index contributed by atoms with van der Waals surface area (Å²) >= 11 is 0. The Balaban J connectivity index is 1.55. The van der Waals surface area contributed by atoms with Gasteiger partial charge in [0, 0.05) is 17.7 Å². The molecule has 0 saturated heterocycles. The Morgan fingerprint density at radius 3 is 2.40 bits per heavy atom. The van der Waals surface area contributed by atoms with Crippen LogP contribution in [0.15, 0.2) is 60.2 Å². The van der Waals surface area contributed by atoms with E-state index in [1.54, 1.807) is 30.3 Å². The fourth-order valence-electron chi connectivity index (χ4n) is 3.47. The first kappa shape index (κ1) is 21.5. The van der Waals surface area contributed by atoms with Gasteiger partial charge in [-0.25, -0.2) is 4.79 Å². The third kappa shape index (κ3) is 5.89. The van der Waals surface area contributed by atoms with E-state index in [4.69, 9.17) is 4.74 Å². The van der Waals surface area contributed by atoms with Crippen molar-refractivity contribution in [3.63, 3.8) is 0 Å². The van der Waals surface area contributed by atoms with Crippen LogP contribution in [0.1, 0.15) is 63.9 Å². The Morgan fingerprint density at radius 2 is 1.70 bits per heavy atom. The van der Waals surface area contributed by atoms with E-state index in [9.17, 15) is 14.4 Å². The van der Waals surface area contributed by atoms with E-state index in [1.165, 1.54) is 24.5 Å². The number of hydrogen-bond donors (Lipinski definition) is 1. The standard InChI is InChI=1S/C25H27NO4/c1-18-11-13-20(14-12-18)24(28)21-9-5-6-10-22(21)25(29)30-17-23(27)26-16-15-19-7-3-2-4-8-19/h5-7,9-14H,2-4,8,15-17H2,1H3,(H,26,27). The zero-order valence-electron chi connectivity index (χ0n) is 17.3. The minimum atomic E-state index is -0.684. The molecule has 0 heterocycles. The van der Waals surface area contributed by atoms with Crippen molar-refractivity contribution in [1.29, 1.82) is 0 Å². The zero-order valence-corrected chi connectivity index (χ0v) is 17.3. The summed E-state index contributed by atoms with van der Waals surface area (Å²) in [5, 5.41) is 2.78. The summed E-state index contributed by atoms with van der Waals surface area (Å²) in [7, 11) is 0. The summed E-state index contributed by atoms with van der Waals surface area (Å²) in [6, 6.07) is 13.7. The predicted octanol–water partition coefficient (Wildman–Crippen LogP) is 4.39. The number of allylic oxidation sites excluding steroid dienone is 1. The van der Waals surface area contributed by atoms with Crippen molar-refractivity contribution in [1.82, 2.24) is 5.32 Å². The van der Waals surface area contributed by atoms with Crippen LogP contribution in [0.5, 0.6) is 0 Å². The highest BCUT2D eigenvalue weighted by Gasteiger charge is 2.19. The highest BCUT2D eigenvalue weighted by Crippen LogP contribution is 2.19. The number of carbonyl (C=O) groups is 3. The molecule has 1 amide bonds.